The molecule has 76 valence electrons. The molecule has 0 aliphatic carbocycles. The van der Waals surface area contributed by atoms with Crippen molar-refractivity contribution < 1.29 is 9.84 Å². The van der Waals surface area contributed by atoms with Crippen LogP contribution in [0.5, 0.6) is 11.6 Å². The van der Waals surface area contributed by atoms with Crippen molar-refractivity contribution >= 4 is 0 Å². The first kappa shape index (κ1) is 9.61. The average Bonchev–Trinajstić information content (AvgIpc) is 2.31. The van der Waals surface area contributed by atoms with Crippen LogP contribution in [0.1, 0.15) is 5.56 Å². The molecule has 4 nitrogen and oxygen atoms in total. The fourth-order valence-electron chi connectivity index (χ4n) is 1.12. The van der Waals surface area contributed by atoms with Gasteiger partial charge in [-0.2, -0.15) is 0 Å². The highest BCUT2D eigenvalue weighted by Crippen LogP contribution is 2.18. The Labute approximate surface area is 87.2 Å². The van der Waals surface area contributed by atoms with E-state index >= 15 is 0 Å². The summed E-state index contributed by atoms with van der Waals surface area (Å²) in [6.45, 7) is 0.0355. The van der Waals surface area contributed by atoms with Gasteiger partial charge in [0.05, 0.1) is 6.61 Å². The maximum absolute atomic E-state index is 8.86. The molecule has 4 heteroatoms. The van der Waals surface area contributed by atoms with Crippen molar-refractivity contribution in [1.29, 1.82) is 0 Å². The van der Waals surface area contributed by atoms with Gasteiger partial charge in [-0.3, -0.25) is 0 Å². The van der Waals surface area contributed by atoms with Crippen molar-refractivity contribution in [2.75, 3.05) is 0 Å². The van der Waals surface area contributed by atoms with Crippen LogP contribution in [0.15, 0.2) is 42.9 Å². The lowest BCUT2D eigenvalue weighted by Gasteiger charge is -2.04. The summed E-state index contributed by atoms with van der Waals surface area (Å²) in [5, 5.41) is 8.86. The minimum absolute atomic E-state index is 0.0355. The van der Waals surface area contributed by atoms with Crippen LogP contribution in [-0.4, -0.2) is 15.1 Å². The highest BCUT2D eigenvalue weighted by molar-refractivity contribution is 5.29. The predicted octanol–water partition coefficient (Wildman–Crippen LogP) is 1.76. The average molecular weight is 202 g/mol. The molecular formula is C11H10N2O2. The van der Waals surface area contributed by atoms with Gasteiger partial charge in [0.15, 0.2) is 0 Å². The molecule has 0 aliphatic rings. The molecule has 2 rings (SSSR count). The van der Waals surface area contributed by atoms with E-state index in [1.807, 2.05) is 0 Å². The molecule has 0 radical (unpaired) electrons. The van der Waals surface area contributed by atoms with E-state index in [0.717, 1.165) is 5.56 Å². The molecule has 0 saturated carbocycles. The molecule has 0 amide bonds. The highest BCUT2D eigenvalue weighted by Gasteiger charge is 1.97. The predicted molar refractivity (Wildman–Crippen MR) is 54.5 cm³/mol. The second-order valence-corrected chi connectivity index (χ2v) is 2.95. The van der Waals surface area contributed by atoms with E-state index in [9.17, 15) is 0 Å². The van der Waals surface area contributed by atoms with Crippen LogP contribution >= 0.6 is 0 Å². The van der Waals surface area contributed by atoms with Gasteiger partial charge < -0.3 is 9.84 Å². The fourth-order valence-corrected chi connectivity index (χ4v) is 1.12. The van der Waals surface area contributed by atoms with Crippen LogP contribution in [-0.2, 0) is 6.61 Å². The van der Waals surface area contributed by atoms with Gasteiger partial charge in [0, 0.05) is 12.3 Å². The molecular weight excluding hydrogens is 192 g/mol. The molecule has 1 aromatic carbocycles. The van der Waals surface area contributed by atoms with Crippen LogP contribution in [0, 0.1) is 0 Å². The summed E-state index contributed by atoms with van der Waals surface area (Å²) >= 11 is 0. The summed E-state index contributed by atoms with van der Waals surface area (Å²) in [5.74, 6) is 1.19. The van der Waals surface area contributed by atoms with Gasteiger partial charge >= 0.3 is 0 Å². The number of nitrogens with zero attached hydrogens (tertiary/aromatic N) is 2. The Morgan fingerprint density at radius 3 is 2.53 bits per heavy atom. The Morgan fingerprint density at radius 1 is 1.13 bits per heavy atom. The van der Waals surface area contributed by atoms with Gasteiger partial charge in [-0.1, -0.05) is 12.1 Å². The highest BCUT2D eigenvalue weighted by atomic mass is 16.5. The fraction of sp³-hybridized carbons (Fsp3) is 0.0909. The van der Waals surface area contributed by atoms with Crippen LogP contribution in [0.25, 0.3) is 0 Å². The number of aliphatic hydroxyl groups excluding tert-OH is 1. The Balaban J connectivity index is 2.11. The van der Waals surface area contributed by atoms with Crippen LogP contribution in [0.4, 0.5) is 0 Å². The molecule has 0 unspecified atom stereocenters. The van der Waals surface area contributed by atoms with Gasteiger partial charge in [0.25, 0.3) is 0 Å². The third-order valence-corrected chi connectivity index (χ3v) is 1.88. The standard InChI is InChI=1S/C11H10N2O2/c14-7-9-1-3-10(4-2-9)15-11-5-6-12-8-13-11/h1-6,8,14H,7H2. The van der Waals surface area contributed by atoms with Crippen LogP contribution in [0.3, 0.4) is 0 Å². The van der Waals surface area contributed by atoms with Crippen LogP contribution in [0.2, 0.25) is 0 Å². The van der Waals surface area contributed by atoms with Crippen molar-refractivity contribution in [3.05, 3.63) is 48.4 Å². The molecule has 0 bridgehead atoms. The van der Waals surface area contributed by atoms with Crippen molar-refractivity contribution in [2.45, 2.75) is 6.61 Å². The number of ether oxygens (including phenoxy) is 1. The van der Waals surface area contributed by atoms with E-state index in [-0.39, 0.29) is 6.61 Å². The van der Waals surface area contributed by atoms with Gasteiger partial charge in [-0.05, 0) is 17.7 Å². The molecule has 2 aromatic rings. The Hall–Kier alpha value is -1.94. The first-order valence-corrected chi connectivity index (χ1v) is 4.52. The molecule has 0 spiro atoms. The van der Waals surface area contributed by atoms with E-state index in [1.54, 1.807) is 36.5 Å². The third kappa shape index (κ3) is 2.51. The van der Waals surface area contributed by atoms with E-state index < -0.39 is 0 Å². The Morgan fingerprint density at radius 2 is 1.93 bits per heavy atom. The zero-order valence-corrected chi connectivity index (χ0v) is 8.00. The summed E-state index contributed by atoms with van der Waals surface area (Å²) < 4.78 is 5.45. The molecule has 0 saturated heterocycles. The Kier molecular flexibility index (Phi) is 2.90. The number of rotatable bonds is 3. The van der Waals surface area contributed by atoms with E-state index in [4.69, 9.17) is 9.84 Å². The lowest BCUT2D eigenvalue weighted by molar-refractivity contribution is 0.281. The van der Waals surface area contributed by atoms with Gasteiger partial charge in [-0.15, -0.1) is 0 Å². The second kappa shape index (κ2) is 4.52. The Bertz CT molecular complexity index is 414. The number of aliphatic hydroxyl groups is 1. The summed E-state index contributed by atoms with van der Waals surface area (Å²) in [7, 11) is 0. The lowest BCUT2D eigenvalue weighted by Crippen LogP contribution is -1.88. The summed E-state index contributed by atoms with van der Waals surface area (Å²) in [5.41, 5.74) is 0.852. The number of aromatic nitrogens is 2. The smallest absolute Gasteiger partial charge is 0.222 e. The third-order valence-electron chi connectivity index (χ3n) is 1.88. The molecule has 1 aromatic heterocycles. The molecule has 1 heterocycles. The number of benzene rings is 1. The maximum Gasteiger partial charge on any atom is 0.222 e. The monoisotopic (exact) mass is 202 g/mol. The topological polar surface area (TPSA) is 55.2 Å². The minimum atomic E-state index is 0.0355. The van der Waals surface area contributed by atoms with Gasteiger partial charge in [0.2, 0.25) is 5.88 Å². The first-order valence-electron chi connectivity index (χ1n) is 4.52. The molecule has 0 fully saturated rings. The molecule has 1 N–H and O–H groups in total. The quantitative estimate of drug-likeness (QED) is 0.823. The maximum atomic E-state index is 8.86. The molecule has 0 atom stereocenters. The zero-order valence-electron chi connectivity index (χ0n) is 8.00. The zero-order chi connectivity index (χ0) is 10.5. The number of hydrogen-bond acceptors (Lipinski definition) is 4. The minimum Gasteiger partial charge on any atom is -0.439 e. The van der Waals surface area contributed by atoms with Crippen molar-refractivity contribution in [1.82, 2.24) is 9.97 Å². The van der Waals surface area contributed by atoms with Crippen molar-refractivity contribution in [3.63, 3.8) is 0 Å². The molecule has 0 aliphatic heterocycles. The van der Waals surface area contributed by atoms with Crippen molar-refractivity contribution in [2.24, 2.45) is 0 Å². The lowest BCUT2D eigenvalue weighted by atomic mass is 10.2. The van der Waals surface area contributed by atoms with E-state index in [2.05, 4.69) is 9.97 Å². The van der Waals surface area contributed by atoms with E-state index in [1.165, 1.54) is 6.33 Å². The normalized spacial score (nSPS) is 9.93. The van der Waals surface area contributed by atoms with E-state index in [0.29, 0.717) is 11.6 Å². The first-order chi connectivity index (χ1) is 7.38. The van der Waals surface area contributed by atoms with Gasteiger partial charge in [0.1, 0.15) is 12.1 Å². The second-order valence-electron chi connectivity index (χ2n) is 2.95. The van der Waals surface area contributed by atoms with Crippen molar-refractivity contribution in [3.8, 4) is 11.6 Å². The summed E-state index contributed by atoms with van der Waals surface area (Å²) in [6, 6.07) is 8.86. The molecule has 15 heavy (non-hydrogen) atoms. The number of hydrogen-bond donors (Lipinski definition) is 1. The summed E-state index contributed by atoms with van der Waals surface area (Å²) in [4.78, 5) is 7.72. The van der Waals surface area contributed by atoms with Gasteiger partial charge in [-0.25, -0.2) is 9.97 Å². The SMILES string of the molecule is OCc1ccc(Oc2ccncn2)cc1. The summed E-state index contributed by atoms with van der Waals surface area (Å²) in [6.07, 6.45) is 3.04. The largest absolute Gasteiger partial charge is 0.439 e. The van der Waals surface area contributed by atoms with Crippen LogP contribution < -0.4 is 4.74 Å².